The first kappa shape index (κ1) is 35.7. The van der Waals surface area contributed by atoms with Gasteiger partial charge in [-0.2, -0.15) is 0 Å². The van der Waals surface area contributed by atoms with Crippen LogP contribution in [0.4, 0.5) is 11.4 Å². The Balaban J connectivity index is 2.00. The number of benzene rings is 2. The van der Waals surface area contributed by atoms with E-state index in [1.165, 1.54) is 113 Å². The zero-order valence-corrected chi connectivity index (χ0v) is 27.8. The average Bonchev–Trinajstić information content (AvgIpc) is 3.00. The van der Waals surface area contributed by atoms with Gasteiger partial charge in [0.15, 0.2) is 0 Å². The molecule has 2 nitrogen and oxygen atoms in total. The van der Waals surface area contributed by atoms with Gasteiger partial charge in [0, 0.05) is 6.21 Å². The smallest absolute Gasteiger partial charge is 0.0635 e. The first-order valence-electron chi connectivity index (χ1n) is 17.7. The van der Waals surface area contributed by atoms with Crippen molar-refractivity contribution in [2.24, 2.45) is 9.98 Å². The maximum Gasteiger partial charge on any atom is 0.0635 e. The molecule has 0 heterocycles. The molecule has 0 aliphatic carbocycles. The van der Waals surface area contributed by atoms with Crippen molar-refractivity contribution in [1.29, 1.82) is 0 Å². The van der Waals surface area contributed by atoms with E-state index in [2.05, 4.69) is 82.3 Å². The van der Waals surface area contributed by atoms with Crippen LogP contribution in [0.15, 0.2) is 58.5 Å². The number of rotatable bonds is 24. The number of nitrogens with zero attached hydrogens (tertiary/aromatic N) is 2. The van der Waals surface area contributed by atoms with E-state index in [9.17, 15) is 0 Å². The van der Waals surface area contributed by atoms with Gasteiger partial charge >= 0.3 is 0 Å². The summed E-state index contributed by atoms with van der Waals surface area (Å²) in [6.07, 6.45) is 32.0. The monoisotopic (exact) mass is 570 g/mol. The molecule has 2 aromatic carbocycles. The molecule has 0 bridgehead atoms. The third-order valence-electron chi connectivity index (χ3n) is 8.02. The van der Waals surface area contributed by atoms with E-state index in [0.717, 1.165) is 49.2 Å². The molecule has 0 unspecified atom stereocenters. The highest BCUT2D eigenvalue weighted by Gasteiger charge is 2.03. The lowest BCUT2D eigenvalue weighted by Gasteiger charge is -2.08. The summed E-state index contributed by atoms with van der Waals surface area (Å²) in [7, 11) is 0. The molecule has 0 N–H and O–H groups in total. The molecule has 0 fully saturated rings. The van der Waals surface area contributed by atoms with Crippen LogP contribution < -0.4 is 0 Å². The lowest BCUT2D eigenvalue weighted by Crippen LogP contribution is -1.99. The van der Waals surface area contributed by atoms with E-state index >= 15 is 0 Å². The highest BCUT2D eigenvalue weighted by Crippen LogP contribution is 2.22. The van der Waals surface area contributed by atoms with Gasteiger partial charge in [0.05, 0.1) is 17.1 Å². The van der Waals surface area contributed by atoms with Crippen LogP contribution in [0.5, 0.6) is 0 Å². The van der Waals surface area contributed by atoms with Gasteiger partial charge in [0.1, 0.15) is 0 Å². The lowest BCUT2D eigenvalue weighted by molar-refractivity contribution is 0.578. The van der Waals surface area contributed by atoms with E-state index < -0.39 is 0 Å². The third kappa shape index (κ3) is 16.8. The molecule has 0 aliphatic heterocycles. The molecule has 0 aromatic heterocycles. The van der Waals surface area contributed by atoms with Crippen molar-refractivity contribution in [1.82, 2.24) is 0 Å². The molecular formula is C40H62N2. The van der Waals surface area contributed by atoms with Gasteiger partial charge in [0.25, 0.3) is 0 Å². The van der Waals surface area contributed by atoms with Crippen LogP contribution in [0, 0.1) is 0 Å². The van der Waals surface area contributed by atoms with Crippen LogP contribution >= 0.6 is 0 Å². The summed E-state index contributed by atoms with van der Waals surface area (Å²) in [5.41, 5.74) is 7.29. The zero-order chi connectivity index (χ0) is 30.1. The zero-order valence-electron chi connectivity index (χ0n) is 27.8. The molecule has 232 valence electrons. The summed E-state index contributed by atoms with van der Waals surface area (Å²) in [4.78, 5) is 9.99. The molecule has 2 heteroatoms. The minimum atomic E-state index is 0.958. The molecule has 0 atom stereocenters. The number of hydrogen-bond acceptors (Lipinski definition) is 2. The lowest BCUT2D eigenvalue weighted by atomic mass is 10.00. The number of aryl methyl sites for hydroxylation is 2. The summed E-state index contributed by atoms with van der Waals surface area (Å²) in [5.74, 6) is 0. The van der Waals surface area contributed by atoms with Crippen molar-refractivity contribution < 1.29 is 0 Å². The molecule has 0 radical (unpaired) electrons. The molecule has 0 saturated carbocycles. The first-order valence-corrected chi connectivity index (χ1v) is 17.7. The van der Waals surface area contributed by atoms with Crippen molar-refractivity contribution in [3.8, 4) is 0 Å². The molecule has 0 spiro atoms. The van der Waals surface area contributed by atoms with Crippen LogP contribution in [-0.2, 0) is 12.8 Å². The fraction of sp³-hybridized carbons (Fsp3) is 0.600. The molecule has 2 rings (SSSR count). The van der Waals surface area contributed by atoms with E-state index in [0.29, 0.717) is 0 Å². The summed E-state index contributed by atoms with van der Waals surface area (Å²) >= 11 is 0. The van der Waals surface area contributed by atoms with Gasteiger partial charge in [-0.15, -0.1) is 0 Å². The van der Waals surface area contributed by atoms with Crippen molar-refractivity contribution in [2.45, 2.75) is 156 Å². The summed E-state index contributed by atoms with van der Waals surface area (Å²) in [5, 5.41) is 0. The molecule has 0 aliphatic rings. The third-order valence-corrected chi connectivity index (χ3v) is 8.02. The Morgan fingerprint density at radius 1 is 0.571 bits per heavy atom. The van der Waals surface area contributed by atoms with Gasteiger partial charge in [0.2, 0.25) is 0 Å². The highest BCUT2D eigenvalue weighted by molar-refractivity contribution is 6.31. The Labute approximate surface area is 260 Å². The van der Waals surface area contributed by atoms with Crippen LogP contribution in [0.2, 0.25) is 0 Å². The maximum absolute atomic E-state index is 5.02. The molecule has 2 aromatic rings. The first-order chi connectivity index (χ1) is 20.7. The number of allylic oxidation sites excluding steroid dienone is 1. The number of hydrogen-bond donors (Lipinski definition) is 0. The minimum absolute atomic E-state index is 0.958. The Morgan fingerprint density at radius 3 is 1.71 bits per heavy atom. The van der Waals surface area contributed by atoms with Crippen molar-refractivity contribution in [3.63, 3.8) is 0 Å². The minimum Gasteiger partial charge on any atom is -0.255 e. The van der Waals surface area contributed by atoms with E-state index in [1.54, 1.807) is 0 Å². The van der Waals surface area contributed by atoms with Crippen LogP contribution in [0.1, 0.15) is 160 Å². The van der Waals surface area contributed by atoms with Gasteiger partial charge in [-0.1, -0.05) is 135 Å². The van der Waals surface area contributed by atoms with Crippen LogP contribution in [0.3, 0.4) is 0 Å². The van der Waals surface area contributed by atoms with Crippen LogP contribution in [0.25, 0.3) is 6.08 Å². The largest absolute Gasteiger partial charge is 0.255 e. The van der Waals surface area contributed by atoms with Gasteiger partial charge in [-0.25, -0.2) is 0 Å². The Bertz CT molecular complexity index is 1000. The van der Waals surface area contributed by atoms with Crippen molar-refractivity contribution in [3.05, 3.63) is 65.2 Å². The predicted molar refractivity (Wildman–Crippen MR) is 190 cm³/mol. The SMILES string of the molecule is CCCCCCCCCCC=Cc1ccc(N=C(C=Nc2cc(CCCCC)cc(CCCCC)c2)CCCC)cc1. The highest BCUT2D eigenvalue weighted by atomic mass is 14.8. The predicted octanol–water partition coefficient (Wildman–Crippen LogP) is 13.4. The Kier molecular flexibility index (Phi) is 20.4. The number of unbranched alkanes of at least 4 members (excludes halogenated alkanes) is 13. The topological polar surface area (TPSA) is 24.7 Å². The van der Waals surface area contributed by atoms with E-state index in [1.807, 2.05) is 6.21 Å². The Hall–Kier alpha value is -2.48. The van der Waals surface area contributed by atoms with Gasteiger partial charge < -0.3 is 0 Å². The summed E-state index contributed by atoms with van der Waals surface area (Å²) in [6, 6.07) is 15.7. The van der Waals surface area contributed by atoms with Crippen molar-refractivity contribution in [2.75, 3.05) is 0 Å². The molecular weight excluding hydrogens is 508 g/mol. The van der Waals surface area contributed by atoms with Gasteiger partial charge in [-0.05, 0) is 92.3 Å². The van der Waals surface area contributed by atoms with Gasteiger partial charge in [-0.3, -0.25) is 9.98 Å². The fourth-order valence-corrected chi connectivity index (χ4v) is 5.36. The molecule has 0 amide bonds. The van der Waals surface area contributed by atoms with Crippen molar-refractivity contribution >= 4 is 29.4 Å². The normalized spacial score (nSPS) is 12.2. The molecule has 42 heavy (non-hydrogen) atoms. The average molecular weight is 571 g/mol. The maximum atomic E-state index is 5.02. The van der Waals surface area contributed by atoms with Crippen LogP contribution in [-0.4, -0.2) is 11.9 Å². The molecule has 0 saturated heterocycles. The van der Waals surface area contributed by atoms with E-state index in [-0.39, 0.29) is 0 Å². The quantitative estimate of drug-likeness (QED) is 0.0885. The second-order valence-electron chi connectivity index (χ2n) is 12.1. The summed E-state index contributed by atoms with van der Waals surface area (Å²) < 4.78 is 0. The fourth-order valence-electron chi connectivity index (χ4n) is 5.36. The summed E-state index contributed by atoms with van der Waals surface area (Å²) in [6.45, 7) is 9.08. The second-order valence-corrected chi connectivity index (χ2v) is 12.1. The number of aliphatic imine (C=N–C) groups is 2. The van der Waals surface area contributed by atoms with E-state index in [4.69, 9.17) is 9.98 Å². The Morgan fingerprint density at radius 2 is 1.12 bits per heavy atom. The second kappa shape index (κ2) is 24.0. The standard InChI is InChI=1S/C40H62N2/c1-5-9-13-14-15-16-17-18-19-22-23-35-27-29-38(30-28-35)42-39(26-12-8-4)34-41-40-32-36(24-20-10-6-2)31-37(33-40)25-21-11-7-3/h22-23,27-34H,5-21,24-26H2,1-4H3.